The van der Waals surface area contributed by atoms with Gasteiger partial charge in [-0.1, -0.05) is 6.58 Å². The minimum absolute atomic E-state index is 0.0903. The summed E-state index contributed by atoms with van der Waals surface area (Å²) in [6.45, 7) is 4.71. The van der Waals surface area contributed by atoms with Crippen molar-refractivity contribution in [2.75, 3.05) is 13.2 Å². The summed E-state index contributed by atoms with van der Waals surface area (Å²) in [5, 5.41) is 2.86. The van der Waals surface area contributed by atoms with Gasteiger partial charge in [0.1, 0.15) is 0 Å². The zero-order chi connectivity index (χ0) is 6.69. The Labute approximate surface area is 53.7 Å². The predicted octanol–water partition coefficient (Wildman–Crippen LogP) is -0.313. The minimum Gasteiger partial charge on any atom is -0.354 e. The van der Waals surface area contributed by atoms with Gasteiger partial charge in [0, 0.05) is 6.54 Å². The van der Waals surface area contributed by atoms with Gasteiger partial charge in [0.2, 0.25) is 0 Å². The molecule has 0 amide bonds. The number of hydrogen-bond donors (Lipinski definition) is 1. The van der Waals surface area contributed by atoms with Crippen molar-refractivity contribution in [2.24, 2.45) is 0 Å². The maximum Gasteiger partial charge on any atom is 0.198 e. The van der Waals surface area contributed by atoms with Gasteiger partial charge in [-0.2, -0.15) is 0 Å². The monoisotopic (exact) mass is 127 g/mol. The van der Waals surface area contributed by atoms with Crippen molar-refractivity contribution < 1.29 is 9.53 Å². The third-order valence-corrected chi connectivity index (χ3v) is 1.18. The maximum atomic E-state index is 10.7. The van der Waals surface area contributed by atoms with Crippen molar-refractivity contribution in [3.05, 3.63) is 12.7 Å². The van der Waals surface area contributed by atoms with Crippen LogP contribution in [0.5, 0.6) is 0 Å². The lowest BCUT2D eigenvalue weighted by Crippen LogP contribution is -2.30. The molecule has 0 saturated carbocycles. The molecule has 1 heterocycles. The highest BCUT2D eigenvalue weighted by atomic mass is 16.5. The molecule has 0 aromatic rings. The lowest BCUT2D eigenvalue weighted by Gasteiger charge is -2.02. The van der Waals surface area contributed by atoms with Crippen LogP contribution >= 0.6 is 0 Å². The molecular weight excluding hydrogens is 118 g/mol. The Morgan fingerprint density at radius 3 is 3.11 bits per heavy atom. The first-order valence-electron chi connectivity index (χ1n) is 2.86. The van der Waals surface area contributed by atoms with Crippen LogP contribution in [0, 0.1) is 0 Å². The van der Waals surface area contributed by atoms with Gasteiger partial charge in [0.25, 0.3) is 0 Å². The van der Waals surface area contributed by atoms with E-state index in [4.69, 9.17) is 4.74 Å². The average molecular weight is 127 g/mol. The third kappa shape index (κ3) is 1.37. The first-order chi connectivity index (χ1) is 4.34. The van der Waals surface area contributed by atoms with Crippen LogP contribution in [0.3, 0.4) is 0 Å². The lowest BCUT2D eigenvalue weighted by molar-refractivity contribution is -0.123. The zero-order valence-electron chi connectivity index (χ0n) is 5.09. The molecule has 1 aliphatic heterocycles. The molecular formula is C6H9NO2. The second-order valence-corrected chi connectivity index (χ2v) is 1.81. The number of nitrogens with one attached hydrogen (secondary N) is 1. The van der Waals surface area contributed by atoms with Crippen molar-refractivity contribution in [1.82, 2.24) is 5.32 Å². The van der Waals surface area contributed by atoms with Gasteiger partial charge in [0.15, 0.2) is 12.0 Å². The van der Waals surface area contributed by atoms with Gasteiger partial charge in [-0.3, -0.25) is 10.1 Å². The molecule has 1 aliphatic rings. The summed E-state index contributed by atoms with van der Waals surface area (Å²) in [4.78, 5) is 10.7. The van der Waals surface area contributed by atoms with E-state index in [1.807, 2.05) is 0 Å². The van der Waals surface area contributed by atoms with Gasteiger partial charge in [-0.05, 0) is 6.08 Å². The van der Waals surface area contributed by atoms with E-state index in [0.717, 1.165) is 6.54 Å². The van der Waals surface area contributed by atoms with E-state index < -0.39 is 6.23 Å². The van der Waals surface area contributed by atoms with Crippen LogP contribution in [0.25, 0.3) is 0 Å². The molecule has 1 fully saturated rings. The van der Waals surface area contributed by atoms with Gasteiger partial charge >= 0.3 is 0 Å². The van der Waals surface area contributed by atoms with E-state index in [1.165, 1.54) is 6.08 Å². The van der Waals surface area contributed by atoms with E-state index in [-0.39, 0.29) is 5.78 Å². The fraction of sp³-hybridized carbons (Fsp3) is 0.500. The number of hydrogen-bond acceptors (Lipinski definition) is 3. The highest BCUT2D eigenvalue weighted by molar-refractivity contribution is 5.92. The second-order valence-electron chi connectivity index (χ2n) is 1.81. The number of carbonyl (C=O) groups excluding carboxylic acids is 1. The van der Waals surface area contributed by atoms with E-state index >= 15 is 0 Å². The molecule has 0 bridgehead atoms. The topological polar surface area (TPSA) is 38.3 Å². The first kappa shape index (κ1) is 6.45. The van der Waals surface area contributed by atoms with Crippen molar-refractivity contribution in [1.29, 1.82) is 0 Å². The summed E-state index contributed by atoms with van der Waals surface area (Å²) in [5.74, 6) is -0.0903. The van der Waals surface area contributed by atoms with Crippen LogP contribution < -0.4 is 5.32 Å². The SMILES string of the molecule is C=CC(=O)C1NCCO1. The summed E-state index contributed by atoms with van der Waals surface area (Å²) in [5.41, 5.74) is 0. The molecule has 3 heteroatoms. The van der Waals surface area contributed by atoms with E-state index in [2.05, 4.69) is 11.9 Å². The molecule has 1 unspecified atom stereocenters. The molecule has 1 atom stereocenters. The van der Waals surface area contributed by atoms with Crippen molar-refractivity contribution in [3.8, 4) is 0 Å². The van der Waals surface area contributed by atoms with Crippen LogP contribution in [0.2, 0.25) is 0 Å². The van der Waals surface area contributed by atoms with E-state index in [9.17, 15) is 4.79 Å². The fourth-order valence-corrected chi connectivity index (χ4v) is 0.715. The number of ketones is 1. The first-order valence-corrected chi connectivity index (χ1v) is 2.86. The Bertz CT molecular complexity index is 127. The van der Waals surface area contributed by atoms with Gasteiger partial charge in [0.05, 0.1) is 6.61 Å². The number of carbonyl (C=O) groups is 1. The standard InChI is InChI=1S/C6H9NO2/c1-2-5(8)6-7-3-4-9-6/h2,6-7H,1,3-4H2. The molecule has 3 nitrogen and oxygen atoms in total. The predicted molar refractivity (Wildman–Crippen MR) is 32.9 cm³/mol. The van der Waals surface area contributed by atoms with Crippen LogP contribution in [0.15, 0.2) is 12.7 Å². The normalized spacial score (nSPS) is 26.0. The van der Waals surface area contributed by atoms with E-state index in [1.54, 1.807) is 0 Å². The van der Waals surface area contributed by atoms with Crippen LogP contribution in [0.4, 0.5) is 0 Å². The molecule has 9 heavy (non-hydrogen) atoms. The van der Waals surface area contributed by atoms with Crippen molar-refractivity contribution in [3.63, 3.8) is 0 Å². The summed E-state index contributed by atoms with van der Waals surface area (Å²) in [6, 6.07) is 0. The summed E-state index contributed by atoms with van der Waals surface area (Å²) in [7, 11) is 0. The molecule has 0 aromatic carbocycles. The Kier molecular flexibility index (Phi) is 1.97. The molecule has 50 valence electrons. The largest absolute Gasteiger partial charge is 0.354 e. The smallest absolute Gasteiger partial charge is 0.198 e. The Morgan fingerprint density at radius 1 is 1.89 bits per heavy atom. The Hall–Kier alpha value is -0.670. The second kappa shape index (κ2) is 2.75. The summed E-state index contributed by atoms with van der Waals surface area (Å²) in [6.07, 6.45) is 0.839. The average Bonchev–Trinajstić information content (AvgIpc) is 2.37. The molecule has 0 spiro atoms. The highest BCUT2D eigenvalue weighted by Crippen LogP contribution is 1.96. The van der Waals surface area contributed by atoms with Crippen molar-refractivity contribution >= 4 is 5.78 Å². The lowest BCUT2D eigenvalue weighted by atomic mass is 10.3. The Balaban J connectivity index is 2.41. The molecule has 0 aliphatic carbocycles. The Morgan fingerprint density at radius 2 is 2.67 bits per heavy atom. The molecule has 0 aromatic heterocycles. The fourth-order valence-electron chi connectivity index (χ4n) is 0.715. The van der Waals surface area contributed by atoms with Crippen LogP contribution in [0.1, 0.15) is 0 Å². The molecule has 1 N–H and O–H groups in total. The quantitative estimate of drug-likeness (QED) is 0.517. The highest BCUT2D eigenvalue weighted by Gasteiger charge is 2.19. The number of rotatable bonds is 2. The molecule has 1 saturated heterocycles. The number of ether oxygens (including phenoxy) is 1. The minimum atomic E-state index is -0.428. The van der Waals surface area contributed by atoms with Gasteiger partial charge in [-0.15, -0.1) is 0 Å². The summed E-state index contributed by atoms with van der Waals surface area (Å²) < 4.78 is 4.97. The summed E-state index contributed by atoms with van der Waals surface area (Å²) >= 11 is 0. The van der Waals surface area contributed by atoms with Crippen LogP contribution in [-0.2, 0) is 9.53 Å². The molecule has 1 rings (SSSR count). The molecule has 0 radical (unpaired) electrons. The van der Waals surface area contributed by atoms with E-state index in [0.29, 0.717) is 6.61 Å². The zero-order valence-corrected chi connectivity index (χ0v) is 5.09. The maximum absolute atomic E-state index is 10.7. The van der Waals surface area contributed by atoms with Gasteiger partial charge < -0.3 is 4.74 Å². The van der Waals surface area contributed by atoms with Crippen molar-refractivity contribution in [2.45, 2.75) is 6.23 Å². The van der Waals surface area contributed by atoms with Gasteiger partial charge in [-0.25, -0.2) is 0 Å². The van der Waals surface area contributed by atoms with Crippen LogP contribution in [-0.4, -0.2) is 25.2 Å². The third-order valence-electron chi connectivity index (χ3n) is 1.18.